The number of primary amides is 2. The van der Waals surface area contributed by atoms with Crippen molar-refractivity contribution in [2.45, 2.75) is 119 Å². The number of phenols is 2. The van der Waals surface area contributed by atoms with Gasteiger partial charge in [0.25, 0.3) is 0 Å². The van der Waals surface area contributed by atoms with E-state index in [9.17, 15) is 85.6 Å². The molecule has 11 atom stereocenters. The fourth-order valence-corrected chi connectivity index (χ4v) is 15.6. The third-order valence-corrected chi connectivity index (χ3v) is 23.7. The molecule has 0 aliphatic rings. The SMILES string of the molecule is CNC(C(=O)OC)c1ccccc1.CNC(Cc1ccc(F)cc1)C(=O)N(C)C(C(=O)N(C)C(Cc1ccc(O)c(C)c1)C(N)=O)c1ccccc1.CNC(Cc1ccc(F)cc1)C(=O)N(C)C(C(=O)O)c1ccccc1.CNC(Cc1ccc(F)cc1)C(=O)N(C)C(C(=O)OC)c1ccccc1.Cc1cc(CC(C(N)=O)N(C)C(=O)C(c2ccccc2)N(C)C(=O)C(N)Cc2ccc(F)cc2)ccc1O. The van der Waals surface area contributed by atoms with Crippen molar-refractivity contribution in [1.29, 1.82) is 0 Å². The number of phenolic OH excluding ortho intramolecular Hbond substituents is 2. The van der Waals surface area contributed by atoms with Crippen LogP contribution < -0.4 is 38.5 Å². The van der Waals surface area contributed by atoms with Crippen molar-refractivity contribution in [1.82, 2.24) is 50.7 Å². The van der Waals surface area contributed by atoms with Crippen LogP contribution in [0.5, 0.6) is 11.5 Å². The van der Waals surface area contributed by atoms with Crippen LogP contribution in [0.1, 0.15) is 103 Å². The minimum absolute atomic E-state index is 0.120. The number of nitrogens with one attached hydrogen (secondary N) is 4. The number of nitrogens with zero attached hydrogens (tertiary/aromatic N) is 6. The van der Waals surface area contributed by atoms with Gasteiger partial charge in [0.15, 0.2) is 12.1 Å². The van der Waals surface area contributed by atoms with Gasteiger partial charge in [0, 0.05) is 55.1 Å². The Morgan fingerprint density at radius 2 is 0.567 bits per heavy atom. The van der Waals surface area contributed by atoms with Gasteiger partial charge >= 0.3 is 17.9 Å². The molecule has 0 saturated heterocycles. The minimum atomic E-state index is -1.10. The number of carboxylic acids is 1. The highest BCUT2D eigenvalue weighted by Crippen LogP contribution is 2.31. The van der Waals surface area contributed by atoms with Crippen molar-refractivity contribution >= 4 is 65.2 Å². The summed E-state index contributed by atoms with van der Waals surface area (Å²) in [5, 5.41) is 41.0. The van der Waals surface area contributed by atoms with Crippen molar-refractivity contribution < 1.29 is 95.1 Å². The summed E-state index contributed by atoms with van der Waals surface area (Å²) in [7, 11) is 18.4. The Morgan fingerprint density at radius 3 is 0.837 bits per heavy atom. The average Bonchev–Trinajstić information content (AvgIpc) is 0.801. The molecule has 0 fully saturated rings. The zero-order valence-electron chi connectivity index (χ0n) is 81.3. The molecule has 746 valence electrons. The van der Waals surface area contributed by atoms with Crippen LogP contribution in [-0.4, -0.2) is 231 Å². The lowest BCUT2D eigenvalue weighted by molar-refractivity contribution is -0.152. The Labute approximate surface area is 819 Å². The predicted molar refractivity (Wildman–Crippen MR) is 529 cm³/mol. The molecule has 11 aromatic carbocycles. The van der Waals surface area contributed by atoms with E-state index in [-0.39, 0.29) is 84.4 Å². The number of carboxylic acid groups (broad SMARTS) is 1. The molecule has 0 aromatic heterocycles. The highest BCUT2D eigenvalue weighted by molar-refractivity contribution is 5.95. The van der Waals surface area contributed by atoms with Gasteiger partial charge in [-0.1, -0.05) is 224 Å². The quantitative estimate of drug-likeness (QED) is 0.0127. The number of carbonyl (C=O) groups is 11. The molecule has 11 rings (SSSR count). The van der Waals surface area contributed by atoms with E-state index in [2.05, 4.69) is 26.0 Å². The van der Waals surface area contributed by atoms with Gasteiger partial charge in [0.1, 0.15) is 65.0 Å². The Balaban J connectivity index is 0.000000248. The highest BCUT2D eigenvalue weighted by atomic mass is 19.1. The molecule has 0 aliphatic carbocycles. The molecule has 0 heterocycles. The van der Waals surface area contributed by atoms with Crippen LogP contribution in [0.15, 0.2) is 285 Å². The number of amides is 8. The summed E-state index contributed by atoms with van der Waals surface area (Å²) in [4.78, 5) is 149. The molecule has 33 heteroatoms. The van der Waals surface area contributed by atoms with Gasteiger partial charge in [0.2, 0.25) is 47.3 Å². The second kappa shape index (κ2) is 55.9. The Kier molecular flexibility index (Phi) is 44.7. The number of aliphatic carboxylic acids is 1. The number of aryl methyl sites for hydroxylation is 2. The van der Waals surface area contributed by atoms with Gasteiger partial charge in [-0.2, -0.15) is 0 Å². The third-order valence-electron chi connectivity index (χ3n) is 23.7. The van der Waals surface area contributed by atoms with E-state index >= 15 is 0 Å². The van der Waals surface area contributed by atoms with Crippen molar-refractivity contribution in [2.75, 3.05) is 84.7 Å². The number of hydrogen-bond donors (Lipinski definition) is 10. The number of esters is 2. The molecule has 0 spiro atoms. The van der Waals surface area contributed by atoms with Crippen LogP contribution >= 0.6 is 0 Å². The monoisotopic (exact) mass is 1940 g/mol. The fraction of sp³-hybridized carbons (Fsp3) is 0.287. The average molecular weight is 1940 g/mol. The van der Waals surface area contributed by atoms with Crippen LogP contribution in [0, 0.1) is 37.1 Å². The molecule has 11 aromatic rings. The van der Waals surface area contributed by atoms with Gasteiger partial charge in [0.05, 0.1) is 38.4 Å². The van der Waals surface area contributed by atoms with Crippen LogP contribution in [0.2, 0.25) is 0 Å². The van der Waals surface area contributed by atoms with E-state index in [1.54, 1.807) is 244 Å². The first kappa shape index (κ1) is 113. The molecule has 8 amide bonds. The summed E-state index contributed by atoms with van der Waals surface area (Å²) < 4.78 is 62.3. The highest BCUT2D eigenvalue weighted by Gasteiger charge is 2.41. The van der Waals surface area contributed by atoms with E-state index in [0.29, 0.717) is 57.3 Å². The minimum Gasteiger partial charge on any atom is -0.508 e. The van der Waals surface area contributed by atoms with Gasteiger partial charge in [-0.3, -0.25) is 38.4 Å². The summed E-state index contributed by atoms with van der Waals surface area (Å²) >= 11 is 0. The number of hydrogen-bond acceptors (Lipinski definition) is 20. The number of likely N-dealkylation sites (N-methyl/N-ethyl adjacent to an activating group) is 10. The van der Waals surface area contributed by atoms with E-state index in [1.165, 1.54) is 132 Å². The van der Waals surface area contributed by atoms with E-state index < -0.39 is 108 Å². The number of ether oxygens (including phenoxy) is 2. The molecule has 11 unspecified atom stereocenters. The topological polar surface area (TPSA) is 413 Å². The lowest BCUT2D eigenvalue weighted by Crippen LogP contribution is -2.53. The largest absolute Gasteiger partial charge is 0.508 e. The number of carbonyl (C=O) groups excluding carboxylic acids is 10. The van der Waals surface area contributed by atoms with Crippen molar-refractivity contribution in [3.8, 4) is 11.5 Å². The Bertz CT molecular complexity index is 5900. The maximum Gasteiger partial charge on any atom is 0.333 e. The van der Waals surface area contributed by atoms with Gasteiger partial charge < -0.3 is 92.7 Å². The standard InChI is InChI=1S/C30H35FN4O4.C29H33FN4O4.C20H23FN2O3.C19H21FN2O3.C10H13NO2/c1-19-16-21(12-15-26(19)36)18-25(28(32)37)34(3)30(39)27(22-8-6-5-7-9-22)35(4)29(38)24(33-2)17-20-10-13-23(31)14-11-20;1-18-15-20(11-14-25(18)35)17-24(27(32)36)33(2)29(38)26(21-7-5-4-6-8-21)34(3)28(37)23(31)16-19-9-12-22(30)13-10-19;1-22-17(13-14-9-11-16(21)12-10-14)19(24)23(2)18(20(25)26-3)15-7-5-4-6-8-15;1-21-16(12-13-8-10-15(20)11-9-13)18(23)22(2)17(19(24)25)14-6-4-3-5-7-14;1-11-9(10(12)13-2)8-6-4-3-5-7-8/h5-16,24-25,27,33,36H,17-18H2,1-4H3,(H2,32,37);4-15,23-24,26,35H,16-17,31H2,1-3H3,(H2,32,36);4-12,17-18,22H,13H2,1-3H3;3-11,16-17,21H,12H2,1-2H3,(H,24,25);3-7,9,11H,1-2H3. The third kappa shape index (κ3) is 33.0. The van der Waals surface area contributed by atoms with E-state index in [1.807, 2.05) is 36.4 Å². The number of aromatic hydroxyl groups is 2. The molecular weight excluding hydrogens is 1810 g/mol. The van der Waals surface area contributed by atoms with Crippen LogP contribution in [0.25, 0.3) is 0 Å². The molecule has 0 bridgehead atoms. The normalized spacial score (nSPS) is 13.1. The Morgan fingerprint density at radius 1 is 0.312 bits per heavy atom. The summed E-state index contributed by atoms with van der Waals surface area (Å²) in [5.41, 5.74) is 26.6. The van der Waals surface area contributed by atoms with Gasteiger partial charge in [-0.25, -0.2) is 31.9 Å². The summed E-state index contributed by atoms with van der Waals surface area (Å²) in [6.45, 7) is 3.47. The summed E-state index contributed by atoms with van der Waals surface area (Å²) in [6, 6.07) is 68.8. The molecule has 29 nitrogen and oxygen atoms in total. The molecular formula is C108H125F4N13O16. The van der Waals surface area contributed by atoms with Crippen molar-refractivity contribution in [3.63, 3.8) is 0 Å². The number of rotatable bonds is 38. The number of methoxy groups -OCH3 is 2. The van der Waals surface area contributed by atoms with E-state index in [4.69, 9.17) is 21.9 Å². The summed E-state index contributed by atoms with van der Waals surface area (Å²) in [6.07, 6.45) is 1.42. The zero-order valence-corrected chi connectivity index (χ0v) is 81.3. The second-order valence-electron chi connectivity index (χ2n) is 33.4. The number of benzene rings is 11. The van der Waals surface area contributed by atoms with Crippen molar-refractivity contribution in [3.05, 3.63) is 381 Å². The molecule has 141 heavy (non-hydrogen) atoms. The predicted octanol–water partition coefficient (Wildman–Crippen LogP) is 10.9. The first-order valence-corrected chi connectivity index (χ1v) is 45.0. The molecule has 0 radical (unpaired) electrons. The van der Waals surface area contributed by atoms with Crippen molar-refractivity contribution in [2.24, 2.45) is 17.2 Å². The van der Waals surface area contributed by atoms with Gasteiger partial charge in [-0.05, 0) is 201 Å². The smallest absolute Gasteiger partial charge is 0.333 e. The number of nitrogens with two attached hydrogens (primary N) is 3. The molecule has 13 N–H and O–H groups in total. The maximum absolute atomic E-state index is 14.0. The lowest BCUT2D eigenvalue weighted by atomic mass is 9.98. The first-order chi connectivity index (χ1) is 67.2. The lowest BCUT2D eigenvalue weighted by Gasteiger charge is -2.35. The number of halogens is 4. The second-order valence-corrected chi connectivity index (χ2v) is 33.4. The van der Waals surface area contributed by atoms with Crippen LogP contribution in [0.4, 0.5) is 17.6 Å². The molecule has 0 aliphatic heterocycles. The van der Waals surface area contributed by atoms with Crippen LogP contribution in [0.3, 0.4) is 0 Å². The molecule has 0 saturated carbocycles. The van der Waals surface area contributed by atoms with Crippen LogP contribution in [-0.2, 0) is 101 Å². The first-order valence-electron chi connectivity index (χ1n) is 45.0. The summed E-state index contributed by atoms with van der Waals surface area (Å²) in [5.74, 6) is -6.89. The zero-order chi connectivity index (χ0) is 104. The van der Waals surface area contributed by atoms with Gasteiger partial charge in [-0.15, -0.1) is 0 Å². The fourth-order valence-electron chi connectivity index (χ4n) is 15.6. The van der Waals surface area contributed by atoms with E-state index in [0.717, 1.165) is 27.8 Å². The Hall–Kier alpha value is -15.3. The maximum atomic E-state index is 14.0.